The number of rotatable bonds is 4. The summed E-state index contributed by atoms with van der Waals surface area (Å²) in [4.78, 5) is 4.37. The molecule has 0 aromatic carbocycles. The van der Waals surface area contributed by atoms with Gasteiger partial charge in [-0.3, -0.25) is 4.68 Å². The molecule has 2 atom stereocenters. The fraction of sp³-hybridized carbons (Fsp3) is 0.500. The summed E-state index contributed by atoms with van der Waals surface area (Å²) in [7, 11) is 0. The minimum atomic E-state index is -0.276. The van der Waals surface area contributed by atoms with Crippen LogP contribution in [0.3, 0.4) is 0 Å². The first-order valence-electron chi connectivity index (χ1n) is 7.51. The predicted octanol–water partition coefficient (Wildman–Crippen LogP) is 2.82. The van der Waals surface area contributed by atoms with E-state index in [-0.39, 0.29) is 12.4 Å². The number of aromatic nitrogens is 3. The van der Waals surface area contributed by atoms with Crippen molar-refractivity contribution in [1.82, 2.24) is 14.8 Å². The Balaban J connectivity index is 1.74. The van der Waals surface area contributed by atoms with Gasteiger partial charge < -0.3 is 5.11 Å². The van der Waals surface area contributed by atoms with Crippen molar-refractivity contribution in [3.05, 3.63) is 35.5 Å². The van der Waals surface area contributed by atoms with Gasteiger partial charge in [-0.25, -0.2) is 9.37 Å². The van der Waals surface area contributed by atoms with Crippen LogP contribution in [0.5, 0.6) is 0 Å². The van der Waals surface area contributed by atoms with E-state index in [1.807, 2.05) is 10.9 Å². The number of nitrogens with zero attached hydrogens (tertiary/aromatic N) is 3. The van der Waals surface area contributed by atoms with Gasteiger partial charge in [0.1, 0.15) is 5.82 Å². The smallest absolute Gasteiger partial charge is 0.144 e. The zero-order valence-corrected chi connectivity index (χ0v) is 12.0. The molecular weight excluding hydrogens is 269 g/mol. The summed E-state index contributed by atoms with van der Waals surface area (Å²) < 4.78 is 15.4. The molecule has 2 heterocycles. The van der Waals surface area contributed by atoms with Gasteiger partial charge in [-0.1, -0.05) is 0 Å². The highest BCUT2D eigenvalue weighted by atomic mass is 19.1. The molecule has 0 bridgehead atoms. The van der Waals surface area contributed by atoms with Crippen molar-refractivity contribution < 1.29 is 9.50 Å². The first kappa shape index (κ1) is 13.0. The molecule has 21 heavy (non-hydrogen) atoms. The van der Waals surface area contributed by atoms with E-state index in [0.29, 0.717) is 23.6 Å². The molecule has 0 aliphatic heterocycles. The molecule has 2 aliphatic rings. The van der Waals surface area contributed by atoms with E-state index in [4.69, 9.17) is 5.10 Å². The molecule has 2 fully saturated rings. The van der Waals surface area contributed by atoms with Crippen molar-refractivity contribution in [2.75, 3.05) is 6.61 Å². The zero-order valence-electron chi connectivity index (χ0n) is 12.0. The Kier molecular flexibility index (Phi) is 2.85. The summed E-state index contributed by atoms with van der Waals surface area (Å²) in [5.41, 5.74) is 3.31. The lowest BCUT2D eigenvalue weighted by Gasteiger charge is -2.02. The van der Waals surface area contributed by atoms with E-state index in [9.17, 15) is 9.50 Å². The van der Waals surface area contributed by atoms with Gasteiger partial charge in [0.15, 0.2) is 0 Å². The van der Waals surface area contributed by atoms with Crippen molar-refractivity contribution >= 4 is 0 Å². The monoisotopic (exact) mass is 287 g/mol. The SMILES string of the molecule is Cc1nc(-c2cn([C@@H]3C[C@H]3CO)nc2C2CC2)ccc1F. The molecule has 2 aromatic rings. The van der Waals surface area contributed by atoms with Crippen molar-refractivity contribution in [1.29, 1.82) is 0 Å². The standard InChI is InChI=1S/C16H18FN3O/c1-9-13(17)4-5-14(18-9)12-7-20(15-6-11(15)8-21)19-16(12)10-2-3-10/h4-5,7,10-11,15,21H,2-3,6,8H2,1H3/t11-,15+/m0/s1. The van der Waals surface area contributed by atoms with Gasteiger partial charge in [0.2, 0.25) is 0 Å². The van der Waals surface area contributed by atoms with Crippen molar-refractivity contribution in [2.45, 2.75) is 38.1 Å². The summed E-state index contributed by atoms with van der Waals surface area (Å²) in [5.74, 6) is 0.564. The van der Waals surface area contributed by atoms with Crippen LogP contribution in [0.15, 0.2) is 18.3 Å². The van der Waals surface area contributed by atoms with Crippen molar-refractivity contribution in [3.63, 3.8) is 0 Å². The maximum Gasteiger partial charge on any atom is 0.144 e. The average molecular weight is 287 g/mol. The molecule has 0 amide bonds. The lowest BCUT2D eigenvalue weighted by molar-refractivity contribution is 0.267. The van der Waals surface area contributed by atoms with Gasteiger partial charge in [-0.2, -0.15) is 5.10 Å². The molecule has 2 aliphatic carbocycles. The number of aliphatic hydroxyl groups excluding tert-OH is 1. The highest BCUT2D eigenvalue weighted by Crippen LogP contribution is 2.47. The lowest BCUT2D eigenvalue weighted by Crippen LogP contribution is -1.99. The Morgan fingerprint density at radius 1 is 1.38 bits per heavy atom. The van der Waals surface area contributed by atoms with Crippen LogP contribution < -0.4 is 0 Å². The summed E-state index contributed by atoms with van der Waals surface area (Å²) in [5, 5.41) is 14.0. The Morgan fingerprint density at radius 2 is 2.19 bits per heavy atom. The minimum Gasteiger partial charge on any atom is -0.396 e. The molecule has 0 unspecified atom stereocenters. The number of hydrogen-bond donors (Lipinski definition) is 1. The van der Waals surface area contributed by atoms with Crippen molar-refractivity contribution in [3.8, 4) is 11.3 Å². The fourth-order valence-corrected chi connectivity index (χ4v) is 2.88. The van der Waals surface area contributed by atoms with Gasteiger partial charge in [-0.15, -0.1) is 0 Å². The molecular formula is C16H18FN3O. The van der Waals surface area contributed by atoms with Crippen LogP contribution in [0, 0.1) is 18.7 Å². The van der Waals surface area contributed by atoms with Crippen LogP contribution in [0.25, 0.3) is 11.3 Å². The average Bonchev–Trinajstić information content (AvgIpc) is 3.40. The van der Waals surface area contributed by atoms with Gasteiger partial charge in [0.05, 0.1) is 23.1 Å². The molecule has 5 heteroatoms. The third kappa shape index (κ3) is 2.25. The number of pyridine rings is 1. The van der Waals surface area contributed by atoms with E-state index in [1.54, 1.807) is 13.0 Å². The Bertz CT molecular complexity index is 693. The van der Waals surface area contributed by atoms with E-state index >= 15 is 0 Å². The topological polar surface area (TPSA) is 50.9 Å². The lowest BCUT2D eigenvalue weighted by atomic mass is 10.1. The molecule has 4 rings (SSSR count). The molecule has 0 radical (unpaired) electrons. The highest BCUT2D eigenvalue weighted by Gasteiger charge is 2.40. The van der Waals surface area contributed by atoms with E-state index in [0.717, 1.165) is 36.2 Å². The molecule has 110 valence electrons. The van der Waals surface area contributed by atoms with Crippen LogP contribution in [0.4, 0.5) is 4.39 Å². The number of halogens is 1. The third-order valence-corrected chi connectivity index (χ3v) is 4.48. The minimum absolute atomic E-state index is 0.215. The van der Waals surface area contributed by atoms with Crippen LogP contribution in [0.2, 0.25) is 0 Å². The first-order valence-corrected chi connectivity index (χ1v) is 7.51. The zero-order chi connectivity index (χ0) is 14.6. The highest BCUT2D eigenvalue weighted by molar-refractivity contribution is 5.63. The Morgan fingerprint density at radius 3 is 2.81 bits per heavy atom. The van der Waals surface area contributed by atoms with Crippen LogP contribution in [-0.4, -0.2) is 26.5 Å². The van der Waals surface area contributed by atoms with Gasteiger partial charge in [0, 0.05) is 30.2 Å². The van der Waals surface area contributed by atoms with E-state index < -0.39 is 0 Å². The fourth-order valence-electron chi connectivity index (χ4n) is 2.88. The summed E-state index contributed by atoms with van der Waals surface area (Å²) in [6, 6.07) is 3.51. The van der Waals surface area contributed by atoms with Gasteiger partial charge >= 0.3 is 0 Å². The number of aliphatic hydroxyl groups is 1. The molecule has 0 spiro atoms. The molecule has 2 aromatic heterocycles. The molecule has 0 saturated heterocycles. The number of hydrogen-bond acceptors (Lipinski definition) is 3. The molecule has 4 nitrogen and oxygen atoms in total. The van der Waals surface area contributed by atoms with Gasteiger partial charge in [0.25, 0.3) is 0 Å². The van der Waals surface area contributed by atoms with Crippen LogP contribution in [0.1, 0.15) is 42.6 Å². The summed E-state index contributed by atoms with van der Waals surface area (Å²) >= 11 is 0. The second-order valence-electron chi connectivity index (χ2n) is 6.19. The molecule has 1 N–H and O–H groups in total. The Labute approximate surface area is 122 Å². The predicted molar refractivity (Wildman–Crippen MR) is 76.4 cm³/mol. The molecule has 2 saturated carbocycles. The second-order valence-corrected chi connectivity index (χ2v) is 6.19. The maximum atomic E-state index is 13.4. The van der Waals surface area contributed by atoms with Crippen LogP contribution in [-0.2, 0) is 0 Å². The van der Waals surface area contributed by atoms with Crippen molar-refractivity contribution in [2.24, 2.45) is 5.92 Å². The van der Waals surface area contributed by atoms with E-state index in [2.05, 4.69) is 4.98 Å². The number of aryl methyl sites for hydroxylation is 1. The first-order chi connectivity index (χ1) is 10.2. The maximum absolute atomic E-state index is 13.4. The summed E-state index contributed by atoms with van der Waals surface area (Å²) in [6.45, 7) is 1.90. The largest absolute Gasteiger partial charge is 0.396 e. The summed E-state index contributed by atoms with van der Waals surface area (Å²) in [6.07, 6.45) is 5.34. The normalized spacial score (nSPS) is 24.3. The quantitative estimate of drug-likeness (QED) is 0.940. The van der Waals surface area contributed by atoms with Crippen LogP contribution >= 0.6 is 0 Å². The van der Waals surface area contributed by atoms with E-state index in [1.165, 1.54) is 6.07 Å². The third-order valence-electron chi connectivity index (χ3n) is 4.48. The van der Waals surface area contributed by atoms with Gasteiger partial charge in [-0.05, 0) is 38.3 Å². The Hall–Kier alpha value is -1.75. The second kappa shape index (κ2) is 4.63.